The van der Waals surface area contributed by atoms with Crippen LogP contribution in [0.5, 0.6) is 0 Å². The van der Waals surface area contributed by atoms with Gasteiger partial charge in [0.1, 0.15) is 0 Å². The van der Waals surface area contributed by atoms with Crippen molar-refractivity contribution in [3.63, 3.8) is 0 Å². The van der Waals surface area contributed by atoms with Crippen LogP contribution in [-0.2, 0) is 12.0 Å². The van der Waals surface area contributed by atoms with Crippen LogP contribution >= 0.6 is 0 Å². The molecule has 0 bridgehead atoms. The number of rotatable bonds is 5. The summed E-state index contributed by atoms with van der Waals surface area (Å²) >= 11 is 0. The predicted molar refractivity (Wildman–Crippen MR) is 87.1 cm³/mol. The molecule has 1 aromatic heterocycles. The first-order valence-corrected chi connectivity index (χ1v) is 8.05. The highest BCUT2D eigenvalue weighted by molar-refractivity contribution is 5.19. The van der Waals surface area contributed by atoms with Gasteiger partial charge in [0, 0.05) is 30.4 Å². The Kier molecular flexibility index (Phi) is 4.66. The normalized spacial score (nSPS) is 17.5. The average Bonchev–Trinajstić information content (AvgIpc) is 2.58. The van der Waals surface area contributed by atoms with Crippen molar-refractivity contribution in [2.75, 3.05) is 6.54 Å². The molecule has 1 N–H and O–H groups in total. The average molecular weight is 280 g/mol. The summed E-state index contributed by atoms with van der Waals surface area (Å²) in [6, 6.07) is 17.0. The van der Waals surface area contributed by atoms with Gasteiger partial charge in [-0.15, -0.1) is 0 Å². The van der Waals surface area contributed by atoms with Gasteiger partial charge in [-0.05, 0) is 30.5 Å². The van der Waals surface area contributed by atoms with Crippen LogP contribution in [0, 0.1) is 0 Å². The van der Waals surface area contributed by atoms with Crippen molar-refractivity contribution in [3.05, 3.63) is 66.0 Å². The summed E-state index contributed by atoms with van der Waals surface area (Å²) in [6.45, 7) is 1.97. The van der Waals surface area contributed by atoms with E-state index >= 15 is 0 Å². The number of hydrogen-bond acceptors (Lipinski definition) is 2. The van der Waals surface area contributed by atoms with E-state index in [0.717, 1.165) is 13.1 Å². The van der Waals surface area contributed by atoms with E-state index in [1.807, 2.05) is 12.3 Å². The molecule has 2 nitrogen and oxygen atoms in total. The Hall–Kier alpha value is -1.67. The Morgan fingerprint density at radius 3 is 2.38 bits per heavy atom. The minimum Gasteiger partial charge on any atom is -0.312 e. The number of hydrogen-bond donors (Lipinski definition) is 1. The fourth-order valence-electron chi connectivity index (χ4n) is 3.47. The number of nitrogens with zero attached hydrogens (tertiary/aromatic N) is 1. The summed E-state index contributed by atoms with van der Waals surface area (Å²) in [5.74, 6) is 0. The van der Waals surface area contributed by atoms with Gasteiger partial charge < -0.3 is 5.32 Å². The molecule has 0 aliphatic heterocycles. The zero-order valence-electron chi connectivity index (χ0n) is 12.6. The van der Waals surface area contributed by atoms with Crippen LogP contribution < -0.4 is 5.32 Å². The molecule has 3 rings (SSSR count). The number of nitrogens with one attached hydrogen (secondary N) is 1. The van der Waals surface area contributed by atoms with Crippen molar-refractivity contribution >= 4 is 0 Å². The van der Waals surface area contributed by atoms with E-state index in [2.05, 4.69) is 52.8 Å². The van der Waals surface area contributed by atoms with Crippen LogP contribution in [0.2, 0.25) is 0 Å². The maximum absolute atomic E-state index is 4.66. The number of aromatic nitrogens is 1. The van der Waals surface area contributed by atoms with Crippen molar-refractivity contribution in [2.45, 2.75) is 44.1 Å². The molecule has 1 heterocycles. The highest BCUT2D eigenvalue weighted by Gasteiger charge is 2.34. The topological polar surface area (TPSA) is 24.9 Å². The Morgan fingerprint density at radius 1 is 0.905 bits per heavy atom. The molecule has 0 amide bonds. The molecule has 2 heteroatoms. The molecule has 1 fully saturated rings. The zero-order valence-corrected chi connectivity index (χ0v) is 12.6. The Labute approximate surface area is 127 Å². The smallest absolute Gasteiger partial charge is 0.0478 e. The lowest BCUT2D eigenvalue weighted by molar-refractivity contribution is 0.273. The summed E-state index contributed by atoms with van der Waals surface area (Å²) in [6.07, 6.45) is 8.46. The van der Waals surface area contributed by atoms with Crippen LogP contribution in [0.1, 0.15) is 43.4 Å². The van der Waals surface area contributed by atoms with Gasteiger partial charge in [0.25, 0.3) is 0 Å². The van der Waals surface area contributed by atoms with E-state index in [1.165, 1.54) is 43.4 Å². The number of pyridine rings is 1. The van der Waals surface area contributed by atoms with Gasteiger partial charge in [0.2, 0.25) is 0 Å². The molecule has 21 heavy (non-hydrogen) atoms. The molecular formula is C19H24N2. The standard InChI is InChI=1S/C19H24N2/c1-3-9-17(10-4-1)15-20-16-19(12-6-2-7-13-19)18-11-5-8-14-21-18/h1,3-5,8-11,14,20H,2,6-7,12-13,15-16H2. The largest absolute Gasteiger partial charge is 0.312 e. The molecule has 1 saturated carbocycles. The first kappa shape index (κ1) is 14.3. The van der Waals surface area contributed by atoms with E-state index in [0.29, 0.717) is 0 Å². The Balaban J connectivity index is 1.68. The molecule has 0 unspecified atom stereocenters. The quantitative estimate of drug-likeness (QED) is 0.893. The Bertz CT molecular complexity index is 530. The van der Waals surface area contributed by atoms with Gasteiger partial charge in [-0.3, -0.25) is 4.98 Å². The Morgan fingerprint density at radius 2 is 1.67 bits per heavy atom. The van der Waals surface area contributed by atoms with Crippen LogP contribution in [0.15, 0.2) is 54.7 Å². The van der Waals surface area contributed by atoms with Gasteiger partial charge in [0.15, 0.2) is 0 Å². The summed E-state index contributed by atoms with van der Waals surface area (Å²) < 4.78 is 0. The third-order valence-corrected chi connectivity index (χ3v) is 4.65. The molecule has 0 saturated heterocycles. The summed E-state index contributed by atoms with van der Waals surface area (Å²) in [5, 5.41) is 3.67. The molecule has 1 aliphatic rings. The fraction of sp³-hybridized carbons (Fsp3) is 0.421. The lowest BCUT2D eigenvalue weighted by Crippen LogP contribution is -2.40. The molecule has 2 aromatic rings. The maximum atomic E-state index is 4.66. The summed E-state index contributed by atoms with van der Waals surface area (Å²) in [5.41, 5.74) is 2.85. The lowest BCUT2D eigenvalue weighted by Gasteiger charge is -2.37. The van der Waals surface area contributed by atoms with Crippen molar-refractivity contribution < 1.29 is 0 Å². The van der Waals surface area contributed by atoms with E-state index < -0.39 is 0 Å². The van der Waals surface area contributed by atoms with E-state index in [9.17, 15) is 0 Å². The molecular weight excluding hydrogens is 256 g/mol. The maximum Gasteiger partial charge on any atom is 0.0478 e. The van der Waals surface area contributed by atoms with Crippen LogP contribution in [0.4, 0.5) is 0 Å². The second-order valence-corrected chi connectivity index (χ2v) is 6.15. The molecule has 0 spiro atoms. The molecule has 1 aliphatic carbocycles. The van der Waals surface area contributed by atoms with Crippen LogP contribution in [0.25, 0.3) is 0 Å². The second-order valence-electron chi connectivity index (χ2n) is 6.15. The van der Waals surface area contributed by atoms with Gasteiger partial charge in [-0.25, -0.2) is 0 Å². The summed E-state index contributed by atoms with van der Waals surface area (Å²) in [4.78, 5) is 4.66. The van der Waals surface area contributed by atoms with Crippen LogP contribution in [-0.4, -0.2) is 11.5 Å². The van der Waals surface area contributed by atoms with E-state index in [4.69, 9.17) is 0 Å². The minimum atomic E-state index is 0.230. The van der Waals surface area contributed by atoms with Crippen molar-refractivity contribution in [1.82, 2.24) is 10.3 Å². The molecule has 0 radical (unpaired) electrons. The van der Waals surface area contributed by atoms with E-state index in [-0.39, 0.29) is 5.41 Å². The van der Waals surface area contributed by atoms with Gasteiger partial charge in [-0.2, -0.15) is 0 Å². The lowest BCUT2D eigenvalue weighted by atomic mass is 9.71. The van der Waals surface area contributed by atoms with Gasteiger partial charge in [0.05, 0.1) is 0 Å². The fourth-order valence-corrected chi connectivity index (χ4v) is 3.47. The second kappa shape index (κ2) is 6.86. The number of benzene rings is 1. The van der Waals surface area contributed by atoms with Crippen molar-refractivity contribution in [3.8, 4) is 0 Å². The minimum absolute atomic E-state index is 0.230. The molecule has 1 aromatic carbocycles. The van der Waals surface area contributed by atoms with Crippen molar-refractivity contribution in [2.24, 2.45) is 0 Å². The molecule has 0 atom stereocenters. The van der Waals surface area contributed by atoms with Crippen LogP contribution in [0.3, 0.4) is 0 Å². The molecule has 110 valence electrons. The van der Waals surface area contributed by atoms with E-state index in [1.54, 1.807) is 0 Å². The van der Waals surface area contributed by atoms with Gasteiger partial charge in [-0.1, -0.05) is 55.7 Å². The zero-order chi connectivity index (χ0) is 14.4. The monoisotopic (exact) mass is 280 g/mol. The highest BCUT2D eigenvalue weighted by Crippen LogP contribution is 2.37. The predicted octanol–water partition coefficient (Wildman–Crippen LogP) is 4.07. The first-order valence-electron chi connectivity index (χ1n) is 8.05. The SMILES string of the molecule is c1ccc(CNCC2(c3ccccn3)CCCCC2)cc1. The highest BCUT2D eigenvalue weighted by atomic mass is 14.9. The first-order chi connectivity index (χ1) is 10.4. The third-order valence-electron chi connectivity index (χ3n) is 4.65. The van der Waals surface area contributed by atoms with Crippen molar-refractivity contribution in [1.29, 1.82) is 0 Å². The van der Waals surface area contributed by atoms with Gasteiger partial charge >= 0.3 is 0 Å². The summed E-state index contributed by atoms with van der Waals surface area (Å²) in [7, 11) is 0. The third kappa shape index (κ3) is 3.51.